The van der Waals surface area contributed by atoms with Gasteiger partial charge < -0.3 is 0 Å². The van der Waals surface area contributed by atoms with Gasteiger partial charge in [-0.15, -0.1) is 0 Å². The number of hydrazine groups is 1. The average molecular weight is 226 g/mol. The fraction of sp³-hybridized carbons (Fsp3) is 1.00. The topological polar surface area (TPSA) is 38.0 Å². The van der Waals surface area contributed by atoms with E-state index in [-0.39, 0.29) is 0 Å². The quantitative estimate of drug-likeness (QED) is 0.537. The normalized spacial score (nSPS) is 28.3. The second-order valence-electron chi connectivity index (χ2n) is 6.12. The molecule has 0 saturated heterocycles. The molecule has 2 nitrogen and oxygen atoms in total. The maximum atomic E-state index is 5.71. The van der Waals surface area contributed by atoms with Gasteiger partial charge in [0.05, 0.1) is 0 Å². The van der Waals surface area contributed by atoms with Crippen LogP contribution in [-0.4, -0.2) is 6.04 Å². The van der Waals surface area contributed by atoms with Gasteiger partial charge in [0.2, 0.25) is 0 Å². The molecule has 1 rings (SSSR count). The second kappa shape index (κ2) is 7.29. The average Bonchev–Trinajstić information content (AvgIpc) is 2.26. The number of rotatable bonds is 6. The Kier molecular flexibility index (Phi) is 6.37. The Balaban J connectivity index is 2.24. The Morgan fingerprint density at radius 3 is 2.25 bits per heavy atom. The molecule has 0 radical (unpaired) electrons. The molecular weight excluding hydrogens is 196 g/mol. The summed E-state index contributed by atoms with van der Waals surface area (Å²) >= 11 is 0. The van der Waals surface area contributed by atoms with Crippen LogP contribution < -0.4 is 11.3 Å². The third-order valence-corrected chi connectivity index (χ3v) is 4.14. The molecule has 1 saturated carbocycles. The lowest BCUT2D eigenvalue weighted by molar-refractivity contribution is 0.219. The maximum absolute atomic E-state index is 5.71. The molecule has 96 valence electrons. The van der Waals surface area contributed by atoms with Gasteiger partial charge in [0.1, 0.15) is 0 Å². The molecule has 0 aromatic heterocycles. The van der Waals surface area contributed by atoms with Gasteiger partial charge in [-0.25, -0.2) is 0 Å². The molecule has 3 N–H and O–H groups in total. The first-order chi connectivity index (χ1) is 7.63. The van der Waals surface area contributed by atoms with E-state index < -0.39 is 0 Å². The summed E-state index contributed by atoms with van der Waals surface area (Å²) in [5, 5.41) is 0. The van der Waals surface area contributed by atoms with Crippen molar-refractivity contribution in [3.8, 4) is 0 Å². The zero-order valence-electron chi connectivity index (χ0n) is 11.3. The van der Waals surface area contributed by atoms with Gasteiger partial charge in [0.15, 0.2) is 0 Å². The van der Waals surface area contributed by atoms with Crippen molar-refractivity contribution in [2.45, 2.75) is 71.8 Å². The van der Waals surface area contributed by atoms with Crippen LogP contribution in [0.25, 0.3) is 0 Å². The van der Waals surface area contributed by atoms with E-state index in [9.17, 15) is 0 Å². The van der Waals surface area contributed by atoms with Gasteiger partial charge in [-0.05, 0) is 37.0 Å². The highest BCUT2D eigenvalue weighted by Gasteiger charge is 2.24. The summed E-state index contributed by atoms with van der Waals surface area (Å²) in [6.07, 6.45) is 9.45. The predicted octanol–water partition coefficient (Wildman–Crippen LogP) is 3.47. The van der Waals surface area contributed by atoms with Gasteiger partial charge in [0.25, 0.3) is 0 Å². The lowest BCUT2D eigenvalue weighted by Crippen LogP contribution is -2.42. The Bertz CT molecular complexity index is 172. The number of hydrogen-bond acceptors (Lipinski definition) is 2. The van der Waals surface area contributed by atoms with Gasteiger partial charge >= 0.3 is 0 Å². The van der Waals surface area contributed by atoms with Gasteiger partial charge in [0, 0.05) is 6.04 Å². The van der Waals surface area contributed by atoms with Crippen LogP contribution in [0.1, 0.15) is 65.7 Å². The predicted molar refractivity (Wildman–Crippen MR) is 70.9 cm³/mol. The third kappa shape index (κ3) is 4.84. The van der Waals surface area contributed by atoms with Crippen LogP contribution in [0.2, 0.25) is 0 Å². The monoisotopic (exact) mass is 226 g/mol. The first kappa shape index (κ1) is 14.0. The van der Waals surface area contributed by atoms with Crippen molar-refractivity contribution in [1.29, 1.82) is 0 Å². The molecule has 0 spiro atoms. The summed E-state index contributed by atoms with van der Waals surface area (Å²) in [4.78, 5) is 0. The minimum atomic E-state index is 0.561. The van der Waals surface area contributed by atoms with Gasteiger partial charge in [-0.1, -0.05) is 46.5 Å². The van der Waals surface area contributed by atoms with Crippen molar-refractivity contribution in [2.24, 2.45) is 23.6 Å². The van der Waals surface area contributed by atoms with Crippen molar-refractivity contribution in [1.82, 2.24) is 5.43 Å². The lowest BCUT2D eigenvalue weighted by Gasteiger charge is -2.32. The SMILES string of the molecule is CC(C)CCCC(NN)C1CCC(C)CC1. The molecule has 2 heteroatoms. The fourth-order valence-corrected chi connectivity index (χ4v) is 2.89. The van der Waals surface area contributed by atoms with Crippen LogP contribution in [0, 0.1) is 17.8 Å². The van der Waals surface area contributed by atoms with E-state index in [0.29, 0.717) is 6.04 Å². The molecule has 0 bridgehead atoms. The summed E-state index contributed by atoms with van der Waals surface area (Å²) in [5.41, 5.74) is 3.06. The molecule has 1 aliphatic carbocycles. The van der Waals surface area contributed by atoms with Crippen LogP contribution in [-0.2, 0) is 0 Å². The molecule has 1 fully saturated rings. The van der Waals surface area contributed by atoms with E-state index in [1.165, 1.54) is 44.9 Å². The first-order valence-electron chi connectivity index (χ1n) is 7.09. The largest absolute Gasteiger partial charge is 0.271 e. The highest BCUT2D eigenvalue weighted by molar-refractivity contribution is 4.79. The minimum absolute atomic E-state index is 0.561. The highest BCUT2D eigenvalue weighted by atomic mass is 15.2. The van der Waals surface area contributed by atoms with Crippen molar-refractivity contribution < 1.29 is 0 Å². The van der Waals surface area contributed by atoms with E-state index >= 15 is 0 Å². The van der Waals surface area contributed by atoms with Crippen LogP contribution in [0.15, 0.2) is 0 Å². The van der Waals surface area contributed by atoms with Crippen molar-refractivity contribution in [3.63, 3.8) is 0 Å². The summed E-state index contributed by atoms with van der Waals surface area (Å²) in [7, 11) is 0. The van der Waals surface area contributed by atoms with Crippen molar-refractivity contribution >= 4 is 0 Å². The molecular formula is C14H30N2. The third-order valence-electron chi connectivity index (χ3n) is 4.14. The first-order valence-corrected chi connectivity index (χ1v) is 7.09. The van der Waals surface area contributed by atoms with E-state index in [0.717, 1.165) is 17.8 Å². The van der Waals surface area contributed by atoms with E-state index in [4.69, 9.17) is 5.84 Å². The molecule has 16 heavy (non-hydrogen) atoms. The lowest BCUT2D eigenvalue weighted by atomic mass is 9.78. The number of nitrogens with one attached hydrogen (secondary N) is 1. The zero-order chi connectivity index (χ0) is 12.0. The molecule has 0 heterocycles. The summed E-state index contributed by atoms with van der Waals surface area (Å²) in [6.45, 7) is 6.97. The van der Waals surface area contributed by atoms with Crippen LogP contribution in [0.3, 0.4) is 0 Å². The molecule has 1 atom stereocenters. The summed E-state index contributed by atoms with van der Waals surface area (Å²) < 4.78 is 0. The molecule has 0 aromatic rings. The molecule has 1 unspecified atom stereocenters. The van der Waals surface area contributed by atoms with Gasteiger partial charge in [-0.3, -0.25) is 11.3 Å². The van der Waals surface area contributed by atoms with Crippen LogP contribution in [0.5, 0.6) is 0 Å². The smallest absolute Gasteiger partial charge is 0.0238 e. The maximum Gasteiger partial charge on any atom is 0.0238 e. The molecule has 0 aromatic carbocycles. The Labute approximate surface area is 101 Å². The molecule has 0 aliphatic heterocycles. The number of hydrogen-bond donors (Lipinski definition) is 2. The van der Waals surface area contributed by atoms with E-state index in [1.807, 2.05) is 0 Å². The van der Waals surface area contributed by atoms with Crippen molar-refractivity contribution in [3.05, 3.63) is 0 Å². The van der Waals surface area contributed by atoms with Crippen LogP contribution >= 0.6 is 0 Å². The second-order valence-corrected chi connectivity index (χ2v) is 6.12. The minimum Gasteiger partial charge on any atom is -0.271 e. The van der Waals surface area contributed by atoms with E-state index in [2.05, 4.69) is 26.2 Å². The Morgan fingerprint density at radius 2 is 1.75 bits per heavy atom. The van der Waals surface area contributed by atoms with Crippen molar-refractivity contribution in [2.75, 3.05) is 0 Å². The molecule has 0 amide bonds. The Morgan fingerprint density at radius 1 is 1.12 bits per heavy atom. The highest BCUT2D eigenvalue weighted by Crippen LogP contribution is 2.31. The van der Waals surface area contributed by atoms with Crippen LogP contribution in [0.4, 0.5) is 0 Å². The zero-order valence-corrected chi connectivity index (χ0v) is 11.3. The fourth-order valence-electron chi connectivity index (χ4n) is 2.89. The van der Waals surface area contributed by atoms with Gasteiger partial charge in [-0.2, -0.15) is 0 Å². The summed E-state index contributed by atoms with van der Waals surface area (Å²) in [6, 6.07) is 0.561. The summed E-state index contributed by atoms with van der Waals surface area (Å²) in [5.74, 6) is 8.29. The molecule has 1 aliphatic rings. The Hall–Kier alpha value is -0.0800. The number of nitrogens with two attached hydrogens (primary N) is 1. The van der Waals surface area contributed by atoms with E-state index in [1.54, 1.807) is 0 Å². The standard InChI is InChI=1S/C14H30N2/c1-11(2)5-4-6-14(16-15)13-9-7-12(3)8-10-13/h11-14,16H,4-10,15H2,1-3H3.